The third-order valence-corrected chi connectivity index (χ3v) is 5.58. The van der Waals surface area contributed by atoms with Gasteiger partial charge >= 0.3 is 0 Å². The van der Waals surface area contributed by atoms with Crippen molar-refractivity contribution in [2.75, 3.05) is 25.9 Å². The molecule has 2 unspecified atom stereocenters. The lowest BCUT2D eigenvalue weighted by molar-refractivity contribution is 0.368. The molecule has 0 saturated carbocycles. The zero-order chi connectivity index (χ0) is 17.2. The predicted octanol–water partition coefficient (Wildman–Crippen LogP) is 2.53. The number of sulfonamides is 1. The molecule has 130 valence electrons. The smallest absolute Gasteiger partial charge is 0.211 e. The van der Waals surface area contributed by atoms with Crippen LogP contribution in [-0.4, -0.2) is 38.6 Å². The zero-order valence-corrected chi connectivity index (χ0v) is 14.5. The van der Waals surface area contributed by atoms with Gasteiger partial charge in [-0.2, -0.15) is 0 Å². The summed E-state index contributed by atoms with van der Waals surface area (Å²) in [4.78, 5) is 0. The number of nitrogens with zero attached hydrogens (tertiary/aromatic N) is 1. The fourth-order valence-corrected chi connectivity index (χ4v) is 3.92. The Morgan fingerprint density at radius 1 is 1.30 bits per heavy atom. The van der Waals surface area contributed by atoms with Gasteiger partial charge in [0.1, 0.15) is 0 Å². The van der Waals surface area contributed by atoms with Gasteiger partial charge in [0.05, 0.1) is 6.26 Å². The summed E-state index contributed by atoms with van der Waals surface area (Å²) < 4.78 is 51.1. The molecular formula is C16H24F2N2O2S. The lowest BCUT2D eigenvalue weighted by Crippen LogP contribution is -2.33. The fourth-order valence-electron chi connectivity index (χ4n) is 3.00. The van der Waals surface area contributed by atoms with Crippen molar-refractivity contribution in [1.29, 1.82) is 0 Å². The molecule has 0 radical (unpaired) electrons. The fraction of sp³-hybridized carbons (Fsp3) is 0.625. The van der Waals surface area contributed by atoms with Crippen molar-refractivity contribution in [3.63, 3.8) is 0 Å². The zero-order valence-electron chi connectivity index (χ0n) is 13.7. The summed E-state index contributed by atoms with van der Waals surface area (Å²) in [6, 6.07) is 3.86. The van der Waals surface area contributed by atoms with Crippen molar-refractivity contribution in [2.24, 2.45) is 11.8 Å². The number of rotatable bonds is 6. The van der Waals surface area contributed by atoms with E-state index in [2.05, 4.69) is 5.32 Å². The Balaban J connectivity index is 2.00. The van der Waals surface area contributed by atoms with Crippen molar-refractivity contribution < 1.29 is 17.2 Å². The minimum atomic E-state index is -3.14. The average Bonchev–Trinajstić information content (AvgIpc) is 2.91. The highest BCUT2D eigenvalue weighted by Gasteiger charge is 2.29. The highest BCUT2D eigenvalue weighted by Crippen LogP contribution is 2.25. The van der Waals surface area contributed by atoms with Gasteiger partial charge < -0.3 is 5.32 Å². The first-order valence-electron chi connectivity index (χ1n) is 7.82. The Hall–Kier alpha value is -1.05. The quantitative estimate of drug-likeness (QED) is 0.861. The van der Waals surface area contributed by atoms with Crippen molar-refractivity contribution in [2.45, 2.75) is 26.3 Å². The Bertz CT molecular complexity index is 649. The van der Waals surface area contributed by atoms with E-state index in [0.717, 1.165) is 12.5 Å². The maximum absolute atomic E-state index is 13.5. The van der Waals surface area contributed by atoms with Gasteiger partial charge in [0, 0.05) is 19.1 Å². The maximum Gasteiger partial charge on any atom is 0.211 e. The lowest BCUT2D eigenvalue weighted by atomic mass is 9.95. The normalized spacial score (nSPS) is 21.0. The highest BCUT2D eigenvalue weighted by molar-refractivity contribution is 7.88. The second-order valence-electron chi connectivity index (χ2n) is 6.58. The highest BCUT2D eigenvalue weighted by atomic mass is 32.2. The second-order valence-corrected chi connectivity index (χ2v) is 8.56. The van der Waals surface area contributed by atoms with Gasteiger partial charge in [-0.25, -0.2) is 21.5 Å². The Labute approximate surface area is 136 Å². The number of hydrogen-bond donors (Lipinski definition) is 1. The molecule has 1 aromatic carbocycles. The van der Waals surface area contributed by atoms with Crippen LogP contribution in [0.5, 0.6) is 0 Å². The van der Waals surface area contributed by atoms with Crippen LogP contribution in [0, 0.1) is 23.5 Å². The van der Waals surface area contributed by atoms with E-state index < -0.39 is 21.7 Å². The summed E-state index contributed by atoms with van der Waals surface area (Å²) in [5.74, 6) is -1.27. The maximum atomic E-state index is 13.5. The Kier molecular flexibility index (Phi) is 5.75. The van der Waals surface area contributed by atoms with Crippen molar-refractivity contribution in [1.82, 2.24) is 9.62 Å². The Morgan fingerprint density at radius 2 is 2.00 bits per heavy atom. The monoisotopic (exact) mass is 346 g/mol. The largest absolute Gasteiger partial charge is 0.309 e. The molecule has 1 N–H and O–H groups in total. The summed E-state index contributed by atoms with van der Waals surface area (Å²) in [5.41, 5.74) is 0.705. The molecular weight excluding hydrogens is 322 g/mol. The molecule has 1 fully saturated rings. The molecule has 0 amide bonds. The first-order chi connectivity index (χ1) is 10.7. The summed E-state index contributed by atoms with van der Waals surface area (Å²) in [6.07, 6.45) is 2.03. The van der Waals surface area contributed by atoms with E-state index in [1.54, 1.807) is 6.07 Å². The molecule has 0 aromatic heterocycles. The van der Waals surface area contributed by atoms with Crippen LogP contribution in [-0.2, 0) is 10.0 Å². The van der Waals surface area contributed by atoms with Gasteiger partial charge in [-0.15, -0.1) is 0 Å². The topological polar surface area (TPSA) is 49.4 Å². The van der Waals surface area contributed by atoms with Crippen LogP contribution in [0.15, 0.2) is 18.2 Å². The van der Waals surface area contributed by atoms with E-state index in [-0.39, 0.29) is 17.9 Å². The molecule has 7 heteroatoms. The van der Waals surface area contributed by atoms with Crippen LogP contribution in [0.2, 0.25) is 0 Å². The van der Waals surface area contributed by atoms with Gasteiger partial charge in [0.15, 0.2) is 11.6 Å². The number of benzene rings is 1. The molecule has 1 aliphatic heterocycles. The average molecular weight is 346 g/mol. The predicted molar refractivity (Wildman–Crippen MR) is 86.5 cm³/mol. The van der Waals surface area contributed by atoms with E-state index >= 15 is 0 Å². The standard InChI is InChI=1S/C16H24F2N2O2S/c1-11(2)16(13-4-5-14(17)15(18)8-13)19-9-12-6-7-20(10-12)23(3,21)22/h4-5,8,11-12,16,19H,6-7,9-10H2,1-3H3. The van der Waals surface area contributed by atoms with Crippen LogP contribution in [0.4, 0.5) is 8.78 Å². The van der Waals surface area contributed by atoms with Crippen molar-refractivity contribution in [3.8, 4) is 0 Å². The van der Waals surface area contributed by atoms with Gasteiger partial charge in [0.2, 0.25) is 10.0 Å². The third-order valence-electron chi connectivity index (χ3n) is 4.31. The molecule has 1 saturated heterocycles. The molecule has 4 nitrogen and oxygen atoms in total. The van der Waals surface area contributed by atoms with Crippen LogP contribution < -0.4 is 5.32 Å². The number of hydrogen-bond acceptors (Lipinski definition) is 3. The van der Waals surface area contributed by atoms with Crippen LogP contribution in [0.25, 0.3) is 0 Å². The first-order valence-corrected chi connectivity index (χ1v) is 9.66. The molecule has 0 spiro atoms. The molecule has 1 aliphatic rings. The van der Waals surface area contributed by atoms with E-state index in [1.807, 2.05) is 13.8 Å². The third kappa shape index (κ3) is 4.71. The molecule has 2 rings (SSSR count). The lowest BCUT2D eigenvalue weighted by Gasteiger charge is -2.25. The van der Waals surface area contributed by atoms with E-state index in [0.29, 0.717) is 25.2 Å². The number of nitrogens with one attached hydrogen (secondary N) is 1. The van der Waals surface area contributed by atoms with Crippen LogP contribution >= 0.6 is 0 Å². The van der Waals surface area contributed by atoms with Crippen molar-refractivity contribution in [3.05, 3.63) is 35.4 Å². The van der Waals surface area contributed by atoms with Crippen LogP contribution in [0.3, 0.4) is 0 Å². The van der Waals surface area contributed by atoms with E-state index in [4.69, 9.17) is 0 Å². The minimum absolute atomic E-state index is 0.0996. The summed E-state index contributed by atoms with van der Waals surface area (Å²) in [7, 11) is -3.14. The van der Waals surface area contributed by atoms with Crippen LogP contribution in [0.1, 0.15) is 31.9 Å². The van der Waals surface area contributed by atoms with Gasteiger partial charge in [-0.05, 0) is 42.5 Å². The molecule has 1 aromatic rings. The molecule has 2 atom stereocenters. The van der Waals surface area contributed by atoms with E-state index in [9.17, 15) is 17.2 Å². The molecule has 0 bridgehead atoms. The molecule has 1 heterocycles. The second kappa shape index (κ2) is 7.23. The van der Waals surface area contributed by atoms with Crippen molar-refractivity contribution >= 4 is 10.0 Å². The van der Waals surface area contributed by atoms with E-state index in [1.165, 1.54) is 16.6 Å². The Morgan fingerprint density at radius 3 is 2.52 bits per heavy atom. The summed E-state index contributed by atoms with van der Waals surface area (Å²) >= 11 is 0. The first kappa shape index (κ1) is 18.3. The van der Waals surface area contributed by atoms with Gasteiger partial charge in [0.25, 0.3) is 0 Å². The molecule has 0 aliphatic carbocycles. The number of halogens is 2. The SMILES string of the molecule is CC(C)C(NCC1CCN(S(C)(=O)=O)C1)c1ccc(F)c(F)c1. The van der Waals surface area contributed by atoms with Gasteiger partial charge in [-0.3, -0.25) is 0 Å². The summed E-state index contributed by atoms with van der Waals surface area (Å²) in [5, 5.41) is 3.39. The molecule has 23 heavy (non-hydrogen) atoms. The van der Waals surface area contributed by atoms with Gasteiger partial charge in [-0.1, -0.05) is 19.9 Å². The summed E-state index contributed by atoms with van der Waals surface area (Å²) in [6.45, 7) is 5.72. The minimum Gasteiger partial charge on any atom is -0.309 e.